The second-order valence-corrected chi connectivity index (χ2v) is 5.42. The van der Waals surface area contributed by atoms with Crippen LogP contribution in [0.2, 0.25) is 0 Å². The molecule has 0 unspecified atom stereocenters. The molecule has 0 aromatic rings. The number of nitrogens with one attached hydrogen (secondary N) is 2. The largest absolute Gasteiger partial charge is 0.481 e. The summed E-state index contributed by atoms with van der Waals surface area (Å²) in [6.45, 7) is 4.07. The van der Waals surface area contributed by atoms with Crippen molar-refractivity contribution in [3.8, 4) is 0 Å². The number of carbonyl (C=O) groups excluding carboxylic acids is 1. The van der Waals surface area contributed by atoms with E-state index in [9.17, 15) is 9.59 Å². The van der Waals surface area contributed by atoms with Gasteiger partial charge in [0, 0.05) is 12.1 Å². The maximum atomic E-state index is 11.5. The number of urea groups is 1. The number of carbonyl (C=O) groups is 2. The summed E-state index contributed by atoms with van der Waals surface area (Å²) in [7, 11) is 0. The van der Waals surface area contributed by atoms with E-state index in [-0.39, 0.29) is 12.5 Å². The van der Waals surface area contributed by atoms with Gasteiger partial charge in [-0.15, -0.1) is 0 Å². The molecule has 1 aliphatic rings. The van der Waals surface area contributed by atoms with Crippen LogP contribution in [0.3, 0.4) is 0 Å². The van der Waals surface area contributed by atoms with Crippen molar-refractivity contribution in [1.82, 2.24) is 10.6 Å². The molecular formula is C12H22N2O3. The second kappa shape index (κ2) is 5.89. The quantitative estimate of drug-likeness (QED) is 0.663. The zero-order chi connectivity index (χ0) is 12.9. The minimum absolute atomic E-state index is 0.0803. The first-order valence-electron chi connectivity index (χ1n) is 6.17. The van der Waals surface area contributed by atoms with Crippen molar-refractivity contribution in [1.29, 1.82) is 0 Å². The van der Waals surface area contributed by atoms with E-state index in [2.05, 4.69) is 10.6 Å². The topological polar surface area (TPSA) is 78.4 Å². The normalized spacial score (nSPS) is 16.1. The molecule has 5 nitrogen and oxygen atoms in total. The van der Waals surface area contributed by atoms with Gasteiger partial charge in [0.1, 0.15) is 0 Å². The molecule has 3 N–H and O–H groups in total. The molecule has 1 fully saturated rings. The van der Waals surface area contributed by atoms with Crippen LogP contribution >= 0.6 is 0 Å². The fraction of sp³-hybridized carbons (Fsp3) is 0.833. The Morgan fingerprint density at radius 1 is 1.35 bits per heavy atom. The number of hydrogen-bond donors (Lipinski definition) is 3. The number of carboxylic acids is 1. The van der Waals surface area contributed by atoms with Crippen molar-refractivity contribution in [3.05, 3.63) is 0 Å². The maximum absolute atomic E-state index is 11.5. The Balaban J connectivity index is 2.16. The molecule has 0 saturated heterocycles. The molecule has 98 valence electrons. The van der Waals surface area contributed by atoms with Crippen molar-refractivity contribution in [2.75, 3.05) is 6.54 Å². The van der Waals surface area contributed by atoms with E-state index in [1.807, 2.05) is 0 Å². The highest BCUT2D eigenvalue weighted by Gasteiger charge is 2.24. The third kappa shape index (κ3) is 5.56. The van der Waals surface area contributed by atoms with Gasteiger partial charge in [0.05, 0.1) is 6.42 Å². The van der Waals surface area contributed by atoms with Crippen LogP contribution in [0.1, 0.15) is 46.0 Å². The summed E-state index contributed by atoms with van der Waals surface area (Å²) in [4.78, 5) is 22.1. The van der Waals surface area contributed by atoms with Gasteiger partial charge in [0.2, 0.25) is 0 Å². The lowest BCUT2D eigenvalue weighted by atomic mass is 9.83. The Labute approximate surface area is 102 Å². The monoisotopic (exact) mass is 242 g/mol. The fourth-order valence-corrected chi connectivity index (χ4v) is 1.95. The number of carboxylic acid groups (broad SMARTS) is 1. The van der Waals surface area contributed by atoms with Crippen molar-refractivity contribution in [2.24, 2.45) is 5.92 Å². The molecule has 0 bridgehead atoms. The smallest absolute Gasteiger partial charge is 0.315 e. The van der Waals surface area contributed by atoms with E-state index in [0.29, 0.717) is 6.54 Å². The number of amides is 2. The van der Waals surface area contributed by atoms with Crippen LogP contribution in [0.5, 0.6) is 0 Å². The van der Waals surface area contributed by atoms with Crippen LogP contribution < -0.4 is 10.6 Å². The summed E-state index contributed by atoms with van der Waals surface area (Å²) in [5.41, 5.74) is -0.716. The Kier molecular flexibility index (Phi) is 4.78. The molecule has 0 aliphatic heterocycles. The van der Waals surface area contributed by atoms with E-state index in [4.69, 9.17) is 5.11 Å². The van der Waals surface area contributed by atoms with E-state index < -0.39 is 11.5 Å². The van der Waals surface area contributed by atoms with Crippen molar-refractivity contribution in [2.45, 2.75) is 51.5 Å². The predicted octanol–water partition coefficient (Wildman–Crippen LogP) is 1.73. The third-order valence-electron chi connectivity index (χ3n) is 3.11. The first kappa shape index (κ1) is 13.8. The van der Waals surface area contributed by atoms with Gasteiger partial charge in [-0.3, -0.25) is 4.79 Å². The molecule has 0 aromatic heterocycles. The molecule has 1 saturated carbocycles. The van der Waals surface area contributed by atoms with Gasteiger partial charge < -0.3 is 15.7 Å². The average molecular weight is 242 g/mol. The van der Waals surface area contributed by atoms with Crippen LogP contribution in [0.4, 0.5) is 4.79 Å². The molecule has 0 heterocycles. The summed E-state index contributed by atoms with van der Waals surface area (Å²) in [6.07, 6.45) is 4.79. The van der Waals surface area contributed by atoms with Gasteiger partial charge in [0.15, 0.2) is 0 Å². The Morgan fingerprint density at radius 2 is 2.00 bits per heavy atom. The van der Waals surface area contributed by atoms with Gasteiger partial charge in [-0.05, 0) is 26.2 Å². The number of hydrogen-bond acceptors (Lipinski definition) is 2. The van der Waals surface area contributed by atoms with Crippen LogP contribution in [0.25, 0.3) is 0 Å². The molecule has 0 spiro atoms. The first-order valence-corrected chi connectivity index (χ1v) is 6.17. The molecule has 0 atom stereocenters. The molecule has 0 radical (unpaired) electrons. The predicted molar refractivity (Wildman–Crippen MR) is 64.8 cm³/mol. The van der Waals surface area contributed by atoms with Crippen LogP contribution in [-0.2, 0) is 4.79 Å². The Morgan fingerprint density at radius 3 is 2.47 bits per heavy atom. The second-order valence-electron chi connectivity index (χ2n) is 5.42. The lowest BCUT2D eigenvalue weighted by molar-refractivity contribution is -0.138. The van der Waals surface area contributed by atoms with Crippen molar-refractivity contribution in [3.63, 3.8) is 0 Å². The first-order chi connectivity index (χ1) is 7.89. The number of aliphatic carboxylic acids is 1. The Hall–Kier alpha value is -1.26. The minimum Gasteiger partial charge on any atom is -0.481 e. The van der Waals surface area contributed by atoms with Crippen LogP contribution in [0.15, 0.2) is 0 Å². The highest BCUT2D eigenvalue weighted by atomic mass is 16.4. The highest BCUT2D eigenvalue weighted by molar-refractivity contribution is 5.76. The van der Waals surface area contributed by atoms with Gasteiger partial charge in [-0.2, -0.15) is 0 Å². The summed E-state index contributed by atoms with van der Waals surface area (Å²) < 4.78 is 0. The van der Waals surface area contributed by atoms with Crippen molar-refractivity contribution >= 4 is 12.0 Å². The summed E-state index contributed by atoms with van der Waals surface area (Å²) in [5.74, 6) is -0.146. The van der Waals surface area contributed by atoms with Gasteiger partial charge >= 0.3 is 12.0 Å². The van der Waals surface area contributed by atoms with E-state index in [1.54, 1.807) is 13.8 Å². The Bertz CT molecular complexity index is 285. The van der Waals surface area contributed by atoms with E-state index >= 15 is 0 Å². The van der Waals surface area contributed by atoms with E-state index in [1.165, 1.54) is 19.3 Å². The summed E-state index contributed by atoms with van der Waals surface area (Å²) in [6, 6.07) is -0.282. The molecular weight excluding hydrogens is 220 g/mol. The zero-order valence-electron chi connectivity index (χ0n) is 10.6. The number of rotatable bonds is 6. The van der Waals surface area contributed by atoms with E-state index in [0.717, 1.165) is 12.3 Å². The standard InChI is InChI=1S/C12H22N2O3/c1-12(2,8-10(15)16)14-11(17)13-7-6-9-4-3-5-9/h9H,3-8H2,1-2H3,(H,15,16)(H2,13,14,17). The molecule has 0 aromatic carbocycles. The van der Waals surface area contributed by atoms with Crippen LogP contribution in [-0.4, -0.2) is 29.2 Å². The zero-order valence-corrected chi connectivity index (χ0v) is 10.6. The van der Waals surface area contributed by atoms with Gasteiger partial charge in [-0.25, -0.2) is 4.79 Å². The van der Waals surface area contributed by atoms with Crippen LogP contribution in [0, 0.1) is 5.92 Å². The molecule has 1 rings (SSSR count). The lowest BCUT2D eigenvalue weighted by Gasteiger charge is -2.27. The van der Waals surface area contributed by atoms with Gasteiger partial charge in [-0.1, -0.05) is 19.3 Å². The minimum atomic E-state index is -0.912. The highest BCUT2D eigenvalue weighted by Crippen LogP contribution is 2.28. The third-order valence-corrected chi connectivity index (χ3v) is 3.11. The molecule has 2 amide bonds. The lowest BCUT2D eigenvalue weighted by Crippen LogP contribution is -2.49. The SMILES string of the molecule is CC(C)(CC(=O)O)NC(=O)NCCC1CCC1. The van der Waals surface area contributed by atoms with Crippen molar-refractivity contribution < 1.29 is 14.7 Å². The summed E-state index contributed by atoms with van der Waals surface area (Å²) in [5, 5.41) is 14.1. The fourth-order valence-electron chi connectivity index (χ4n) is 1.95. The molecule has 5 heteroatoms. The van der Waals surface area contributed by atoms with Gasteiger partial charge in [0.25, 0.3) is 0 Å². The summed E-state index contributed by atoms with van der Waals surface area (Å²) >= 11 is 0. The molecule has 1 aliphatic carbocycles. The average Bonchev–Trinajstić information content (AvgIpc) is 2.05. The molecule has 17 heavy (non-hydrogen) atoms. The maximum Gasteiger partial charge on any atom is 0.315 e.